The van der Waals surface area contributed by atoms with Gasteiger partial charge >= 0.3 is 5.97 Å². The largest absolute Gasteiger partial charge is 0.465 e. The van der Waals surface area contributed by atoms with Crippen molar-refractivity contribution in [3.8, 4) is 0 Å². The topological polar surface area (TPSA) is 26.3 Å². The first-order valence-electron chi connectivity index (χ1n) is 2.15. The third kappa shape index (κ3) is 1.97. The minimum Gasteiger partial charge on any atom is -0.465 e. The van der Waals surface area contributed by atoms with Crippen LogP contribution >= 0.6 is 12.6 Å². The van der Waals surface area contributed by atoms with Crippen molar-refractivity contribution in [2.24, 2.45) is 0 Å². The molecule has 0 amide bonds. The molecule has 1 atom stereocenters. The predicted octanol–water partition coefficient (Wildman–Crippen LogP) is -0.149. The van der Waals surface area contributed by atoms with E-state index in [1.165, 1.54) is 0 Å². The van der Waals surface area contributed by atoms with Crippen LogP contribution in [0.2, 0.25) is 0 Å². The van der Waals surface area contributed by atoms with Gasteiger partial charge in [0, 0.05) is 36.0 Å². The standard InChI is InChI=1S/C4H6O2S.Na/c5-4-3(7)1-2-6-4;/h3,7H,1-2H2;. The summed E-state index contributed by atoms with van der Waals surface area (Å²) >= 11 is 3.91. The van der Waals surface area contributed by atoms with E-state index in [0.717, 1.165) is 6.42 Å². The summed E-state index contributed by atoms with van der Waals surface area (Å²) < 4.78 is 4.55. The molecule has 4 heteroatoms. The van der Waals surface area contributed by atoms with Crippen molar-refractivity contribution in [3.63, 3.8) is 0 Å². The molecule has 0 saturated carbocycles. The summed E-state index contributed by atoms with van der Waals surface area (Å²) in [7, 11) is 0. The number of carbonyl (C=O) groups excluding carboxylic acids is 1. The molecule has 0 spiro atoms. The van der Waals surface area contributed by atoms with Gasteiger partial charge in [-0.3, -0.25) is 4.79 Å². The molecule has 41 valence electrons. The van der Waals surface area contributed by atoms with Gasteiger partial charge in [0.25, 0.3) is 0 Å². The van der Waals surface area contributed by atoms with Crippen LogP contribution in [0.4, 0.5) is 0 Å². The average Bonchev–Trinajstić information content (AvgIpc) is 1.91. The second-order valence-electron chi connectivity index (χ2n) is 1.47. The Hall–Kier alpha value is 0.820. The molecule has 0 aliphatic carbocycles. The fraction of sp³-hybridized carbons (Fsp3) is 0.750. The SMILES string of the molecule is O=C1OCCC1S.[Na]. The van der Waals surface area contributed by atoms with Crippen LogP contribution in [-0.2, 0) is 9.53 Å². The van der Waals surface area contributed by atoms with Crippen LogP contribution in [0.25, 0.3) is 0 Å². The van der Waals surface area contributed by atoms with Crippen molar-refractivity contribution in [2.75, 3.05) is 6.61 Å². The van der Waals surface area contributed by atoms with E-state index in [-0.39, 0.29) is 40.8 Å². The van der Waals surface area contributed by atoms with E-state index < -0.39 is 0 Å². The first-order chi connectivity index (χ1) is 3.30. The molecule has 1 fully saturated rings. The Kier molecular flexibility index (Phi) is 4.16. The third-order valence-corrected chi connectivity index (χ3v) is 1.38. The molecule has 0 bridgehead atoms. The maximum Gasteiger partial charge on any atom is 0.318 e. The van der Waals surface area contributed by atoms with Crippen LogP contribution in [0.5, 0.6) is 0 Å². The summed E-state index contributed by atoms with van der Waals surface area (Å²) in [6.07, 6.45) is 0.766. The van der Waals surface area contributed by atoms with Crippen molar-refractivity contribution < 1.29 is 9.53 Å². The van der Waals surface area contributed by atoms with E-state index in [4.69, 9.17) is 0 Å². The second kappa shape index (κ2) is 3.77. The zero-order chi connectivity index (χ0) is 5.28. The predicted molar refractivity (Wildman–Crippen MR) is 34.1 cm³/mol. The molecular weight excluding hydrogens is 135 g/mol. The zero-order valence-electron chi connectivity index (χ0n) is 4.76. The van der Waals surface area contributed by atoms with Crippen LogP contribution in [0, 0.1) is 0 Å². The fourth-order valence-electron chi connectivity index (χ4n) is 0.485. The Balaban J connectivity index is 0.000000490. The van der Waals surface area contributed by atoms with Gasteiger partial charge in [0.1, 0.15) is 5.25 Å². The molecule has 8 heavy (non-hydrogen) atoms. The smallest absolute Gasteiger partial charge is 0.318 e. The maximum absolute atomic E-state index is 10.3. The van der Waals surface area contributed by atoms with Gasteiger partial charge in [-0.25, -0.2) is 0 Å². The van der Waals surface area contributed by atoms with Gasteiger partial charge in [-0.1, -0.05) is 0 Å². The van der Waals surface area contributed by atoms with Crippen molar-refractivity contribution in [1.29, 1.82) is 0 Å². The number of esters is 1. The summed E-state index contributed by atoms with van der Waals surface area (Å²) in [5.41, 5.74) is 0. The van der Waals surface area contributed by atoms with Crippen molar-refractivity contribution in [2.45, 2.75) is 11.7 Å². The van der Waals surface area contributed by atoms with Gasteiger partial charge in [0.05, 0.1) is 6.61 Å². The molecule has 1 aliphatic heterocycles. The summed E-state index contributed by atoms with van der Waals surface area (Å²) in [6, 6.07) is 0. The molecule has 0 aromatic carbocycles. The Labute approximate surface area is 75.7 Å². The summed E-state index contributed by atoms with van der Waals surface area (Å²) in [4.78, 5) is 10.3. The van der Waals surface area contributed by atoms with E-state index in [1.54, 1.807) is 0 Å². The molecule has 1 heterocycles. The van der Waals surface area contributed by atoms with Gasteiger partial charge in [0.15, 0.2) is 0 Å². The molecule has 1 unspecified atom stereocenters. The van der Waals surface area contributed by atoms with Crippen LogP contribution in [0.15, 0.2) is 0 Å². The van der Waals surface area contributed by atoms with Crippen LogP contribution in [0.1, 0.15) is 6.42 Å². The van der Waals surface area contributed by atoms with Gasteiger partial charge in [-0.2, -0.15) is 12.6 Å². The number of rotatable bonds is 0. The molecule has 1 radical (unpaired) electrons. The number of thiol groups is 1. The Morgan fingerprint density at radius 2 is 2.38 bits per heavy atom. The van der Waals surface area contributed by atoms with Gasteiger partial charge in [-0.05, 0) is 0 Å². The first-order valence-corrected chi connectivity index (χ1v) is 2.67. The van der Waals surface area contributed by atoms with E-state index in [9.17, 15) is 4.79 Å². The van der Waals surface area contributed by atoms with E-state index >= 15 is 0 Å². The van der Waals surface area contributed by atoms with Crippen LogP contribution in [0.3, 0.4) is 0 Å². The molecule has 1 rings (SSSR count). The number of hydrogen-bond donors (Lipinski definition) is 1. The van der Waals surface area contributed by atoms with Crippen molar-refractivity contribution >= 4 is 48.2 Å². The Morgan fingerprint density at radius 1 is 1.75 bits per heavy atom. The summed E-state index contributed by atoms with van der Waals surface area (Å²) in [5.74, 6) is -0.177. The zero-order valence-corrected chi connectivity index (χ0v) is 7.65. The molecule has 0 aromatic heterocycles. The minimum absolute atomic E-state index is 0. The number of hydrogen-bond acceptors (Lipinski definition) is 3. The van der Waals surface area contributed by atoms with Gasteiger partial charge in [0.2, 0.25) is 0 Å². The summed E-state index contributed by atoms with van der Waals surface area (Å²) in [6.45, 7) is 0.549. The van der Waals surface area contributed by atoms with Gasteiger partial charge < -0.3 is 4.74 Å². The van der Waals surface area contributed by atoms with Crippen LogP contribution < -0.4 is 0 Å². The fourth-order valence-corrected chi connectivity index (χ4v) is 0.665. The minimum atomic E-state index is -0.177. The second-order valence-corrected chi connectivity index (χ2v) is 2.10. The number of cyclic esters (lactones) is 1. The first kappa shape index (κ1) is 8.82. The van der Waals surface area contributed by atoms with Crippen molar-refractivity contribution in [1.82, 2.24) is 0 Å². The number of ether oxygens (including phenoxy) is 1. The molecule has 0 N–H and O–H groups in total. The molecular formula is C4H6NaO2S. The maximum atomic E-state index is 10.3. The van der Waals surface area contributed by atoms with E-state index in [0.29, 0.717) is 6.61 Å². The normalized spacial score (nSPS) is 26.6. The van der Waals surface area contributed by atoms with Gasteiger partial charge in [-0.15, -0.1) is 0 Å². The molecule has 0 aromatic rings. The monoisotopic (exact) mass is 141 g/mol. The quantitative estimate of drug-likeness (QED) is 0.288. The Morgan fingerprint density at radius 3 is 2.50 bits per heavy atom. The van der Waals surface area contributed by atoms with Crippen LogP contribution in [-0.4, -0.2) is 47.4 Å². The molecule has 1 saturated heterocycles. The van der Waals surface area contributed by atoms with Crippen molar-refractivity contribution in [3.05, 3.63) is 0 Å². The summed E-state index contributed by atoms with van der Waals surface area (Å²) in [5, 5.41) is -0.153. The Bertz CT molecular complexity index is 96.0. The molecule has 2 nitrogen and oxygen atoms in total. The van der Waals surface area contributed by atoms with E-state index in [1.807, 2.05) is 0 Å². The molecule has 1 aliphatic rings. The third-order valence-electron chi connectivity index (χ3n) is 0.908. The average molecular weight is 141 g/mol. The van der Waals surface area contributed by atoms with E-state index in [2.05, 4.69) is 17.4 Å². The number of carbonyl (C=O) groups is 1.